The average Bonchev–Trinajstić information content (AvgIpc) is 2.27. The van der Waals surface area contributed by atoms with Gasteiger partial charge in [-0.2, -0.15) is 0 Å². The smallest absolute Gasteiger partial charge is 0.0825 e. The highest BCUT2D eigenvalue weighted by Crippen LogP contribution is 2.29. The fourth-order valence-electron chi connectivity index (χ4n) is 3.04. The van der Waals surface area contributed by atoms with Crippen LogP contribution in [-0.4, -0.2) is 61.8 Å². The molecule has 0 atom stereocenters. The zero-order chi connectivity index (χ0) is 11.5. The van der Waals surface area contributed by atoms with Gasteiger partial charge >= 0.3 is 0 Å². The second-order valence-corrected chi connectivity index (χ2v) is 5.35. The summed E-state index contributed by atoms with van der Waals surface area (Å²) in [7, 11) is 4.09. The number of ether oxygens (including phenoxy) is 1. The minimum Gasteiger partial charge on any atom is -0.379 e. The van der Waals surface area contributed by atoms with Gasteiger partial charge in [0.2, 0.25) is 0 Å². The Hall–Kier alpha value is -0.120. The van der Waals surface area contributed by atoms with E-state index in [1.807, 2.05) is 7.11 Å². The van der Waals surface area contributed by atoms with Crippen molar-refractivity contribution >= 4 is 0 Å². The predicted molar refractivity (Wildman–Crippen MR) is 66.7 cm³/mol. The number of hydrogen-bond donors (Lipinski definition) is 0. The van der Waals surface area contributed by atoms with Gasteiger partial charge in [0.05, 0.1) is 6.10 Å². The third kappa shape index (κ3) is 2.58. The highest BCUT2D eigenvalue weighted by molar-refractivity contribution is 4.90. The third-order valence-electron chi connectivity index (χ3n) is 4.51. The summed E-state index contributed by atoms with van der Waals surface area (Å²) < 4.78 is 5.33. The van der Waals surface area contributed by atoms with Gasteiger partial charge in [-0.25, -0.2) is 0 Å². The third-order valence-corrected chi connectivity index (χ3v) is 4.51. The lowest BCUT2D eigenvalue weighted by molar-refractivity contribution is -0.0606. The summed E-state index contributed by atoms with van der Waals surface area (Å²) in [4.78, 5) is 5.11. The highest BCUT2D eigenvalue weighted by Gasteiger charge is 2.34. The minimum atomic E-state index is 0.510. The Morgan fingerprint density at radius 1 is 1.19 bits per heavy atom. The first-order valence-electron chi connectivity index (χ1n) is 6.71. The SMILES string of the molecule is CCN(C)[C@H]1CC[C@@H](N2CC(OC)C2)CC1. The first-order chi connectivity index (χ1) is 7.74. The fraction of sp³-hybridized carbons (Fsp3) is 1.00. The summed E-state index contributed by atoms with van der Waals surface area (Å²) in [5.74, 6) is 0. The zero-order valence-electron chi connectivity index (χ0n) is 11.0. The minimum absolute atomic E-state index is 0.510. The number of rotatable bonds is 4. The van der Waals surface area contributed by atoms with E-state index in [9.17, 15) is 0 Å². The normalized spacial score (nSPS) is 33.0. The highest BCUT2D eigenvalue weighted by atomic mass is 16.5. The van der Waals surface area contributed by atoms with Crippen LogP contribution in [0.3, 0.4) is 0 Å². The summed E-state index contributed by atoms with van der Waals surface area (Å²) >= 11 is 0. The van der Waals surface area contributed by atoms with Gasteiger partial charge in [-0.3, -0.25) is 4.90 Å². The Morgan fingerprint density at radius 2 is 1.81 bits per heavy atom. The molecule has 0 amide bonds. The first-order valence-corrected chi connectivity index (χ1v) is 6.71. The lowest BCUT2D eigenvalue weighted by Crippen LogP contribution is -2.57. The standard InChI is InChI=1S/C13H26N2O/c1-4-14(2)11-5-7-12(8-6-11)15-9-13(10-15)16-3/h11-13H,4-10H2,1-3H3/t11-,12+. The molecule has 0 spiro atoms. The molecular formula is C13H26N2O. The van der Waals surface area contributed by atoms with E-state index in [2.05, 4.69) is 23.8 Å². The maximum absolute atomic E-state index is 5.33. The first kappa shape index (κ1) is 12.3. The predicted octanol–water partition coefficient (Wildman–Crippen LogP) is 1.58. The topological polar surface area (TPSA) is 15.7 Å². The van der Waals surface area contributed by atoms with Crippen LogP contribution in [-0.2, 0) is 4.74 Å². The number of hydrogen-bond acceptors (Lipinski definition) is 3. The van der Waals surface area contributed by atoms with Crippen LogP contribution < -0.4 is 0 Å². The summed E-state index contributed by atoms with van der Waals surface area (Å²) in [5, 5.41) is 0. The molecule has 2 aliphatic rings. The maximum atomic E-state index is 5.33. The van der Waals surface area contributed by atoms with E-state index in [-0.39, 0.29) is 0 Å². The van der Waals surface area contributed by atoms with Crippen molar-refractivity contribution in [3.8, 4) is 0 Å². The molecular weight excluding hydrogens is 200 g/mol. The Balaban J connectivity index is 1.70. The van der Waals surface area contributed by atoms with E-state index in [4.69, 9.17) is 4.74 Å². The molecule has 1 aliphatic heterocycles. The fourth-order valence-corrected chi connectivity index (χ4v) is 3.04. The summed E-state index contributed by atoms with van der Waals surface area (Å²) in [6.07, 6.45) is 6.03. The van der Waals surface area contributed by atoms with Gasteiger partial charge in [-0.15, -0.1) is 0 Å². The molecule has 94 valence electrons. The molecule has 1 aliphatic carbocycles. The van der Waals surface area contributed by atoms with Crippen molar-refractivity contribution in [1.29, 1.82) is 0 Å². The molecule has 0 radical (unpaired) electrons. The Morgan fingerprint density at radius 3 is 2.31 bits per heavy atom. The monoisotopic (exact) mass is 226 g/mol. The van der Waals surface area contributed by atoms with E-state index in [0.717, 1.165) is 25.2 Å². The molecule has 3 nitrogen and oxygen atoms in total. The van der Waals surface area contributed by atoms with Crippen molar-refractivity contribution in [3.63, 3.8) is 0 Å². The van der Waals surface area contributed by atoms with Gasteiger partial charge in [0.15, 0.2) is 0 Å². The molecule has 1 saturated carbocycles. The van der Waals surface area contributed by atoms with Crippen molar-refractivity contribution in [2.24, 2.45) is 0 Å². The van der Waals surface area contributed by atoms with Gasteiger partial charge in [0, 0.05) is 32.3 Å². The lowest BCUT2D eigenvalue weighted by Gasteiger charge is -2.46. The molecule has 16 heavy (non-hydrogen) atoms. The maximum Gasteiger partial charge on any atom is 0.0825 e. The molecule has 0 aromatic rings. The lowest BCUT2D eigenvalue weighted by atomic mass is 9.87. The van der Waals surface area contributed by atoms with Gasteiger partial charge in [-0.1, -0.05) is 6.92 Å². The van der Waals surface area contributed by atoms with E-state index >= 15 is 0 Å². The van der Waals surface area contributed by atoms with Gasteiger partial charge in [0.1, 0.15) is 0 Å². The summed E-state index contributed by atoms with van der Waals surface area (Å²) in [6.45, 7) is 5.76. The molecule has 0 unspecified atom stereocenters. The van der Waals surface area contributed by atoms with Crippen LogP contribution in [0, 0.1) is 0 Å². The quantitative estimate of drug-likeness (QED) is 0.724. The number of likely N-dealkylation sites (tertiary alicyclic amines) is 1. The van der Waals surface area contributed by atoms with Crippen molar-refractivity contribution in [1.82, 2.24) is 9.80 Å². The van der Waals surface area contributed by atoms with Crippen molar-refractivity contribution in [2.45, 2.75) is 50.8 Å². The Bertz CT molecular complexity index is 208. The van der Waals surface area contributed by atoms with E-state index < -0.39 is 0 Å². The van der Waals surface area contributed by atoms with Crippen LogP contribution in [0.1, 0.15) is 32.6 Å². The molecule has 0 aromatic carbocycles. The van der Waals surface area contributed by atoms with E-state index in [0.29, 0.717) is 6.10 Å². The van der Waals surface area contributed by atoms with Crippen LogP contribution in [0.4, 0.5) is 0 Å². The average molecular weight is 226 g/mol. The van der Waals surface area contributed by atoms with E-state index in [1.165, 1.54) is 32.2 Å². The van der Waals surface area contributed by atoms with Crippen molar-refractivity contribution in [3.05, 3.63) is 0 Å². The molecule has 0 aromatic heterocycles. The summed E-state index contributed by atoms with van der Waals surface area (Å²) in [6, 6.07) is 1.67. The van der Waals surface area contributed by atoms with Gasteiger partial charge < -0.3 is 9.64 Å². The number of nitrogens with zero attached hydrogens (tertiary/aromatic N) is 2. The van der Waals surface area contributed by atoms with Crippen LogP contribution in [0.15, 0.2) is 0 Å². The molecule has 2 rings (SSSR count). The summed E-state index contributed by atoms with van der Waals surface area (Å²) in [5.41, 5.74) is 0. The van der Waals surface area contributed by atoms with Crippen LogP contribution in [0.25, 0.3) is 0 Å². The zero-order valence-corrected chi connectivity index (χ0v) is 11.0. The molecule has 3 heteroatoms. The van der Waals surface area contributed by atoms with Crippen LogP contribution >= 0.6 is 0 Å². The molecule has 1 heterocycles. The van der Waals surface area contributed by atoms with Crippen LogP contribution in [0.5, 0.6) is 0 Å². The Labute approximate surface area is 99.7 Å². The Kier molecular flexibility index (Phi) is 4.22. The molecule has 1 saturated heterocycles. The second-order valence-electron chi connectivity index (χ2n) is 5.35. The number of methoxy groups -OCH3 is 1. The molecule has 0 N–H and O–H groups in total. The van der Waals surface area contributed by atoms with Gasteiger partial charge in [0.25, 0.3) is 0 Å². The van der Waals surface area contributed by atoms with Crippen molar-refractivity contribution in [2.75, 3.05) is 33.8 Å². The largest absolute Gasteiger partial charge is 0.379 e. The molecule has 2 fully saturated rings. The van der Waals surface area contributed by atoms with Crippen LogP contribution in [0.2, 0.25) is 0 Å². The van der Waals surface area contributed by atoms with Crippen molar-refractivity contribution < 1.29 is 4.74 Å². The van der Waals surface area contributed by atoms with Gasteiger partial charge in [-0.05, 0) is 39.3 Å². The van der Waals surface area contributed by atoms with E-state index in [1.54, 1.807) is 0 Å². The second kappa shape index (κ2) is 5.48. The molecule has 0 bridgehead atoms.